The molecule has 35 heavy (non-hydrogen) atoms. The van der Waals surface area contributed by atoms with E-state index in [2.05, 4.69) is 29.6 Å². The van der Waals surface area contributed by atoms with Crippen molar-refractivity contribution in [1.82, 2.24) is 10.2 Å². The molecular formula is C27H30N2O6. The number of alkyl carbamates (subject to hydrolysis) is 1. The first-order chi connectivity index (χ1) is 16.9. The van der Waals surface area contributed by atoms with Gasteiger partial charge in [0.25, 0.3) is 5.91 Å². The molecule has 2 aromatic rings. The highest BCUT2D eigenvalue weighted by Gasteiger charge is 2.43. The molecule has 2 aliphatic heterocycles. The van der Waals surface area contributed by atoms with Gasteiger partial charge in [0.2, 0.25) is 0 Å². The molecular weight excluding hydrogens is 448 g/mol. The number of benzene rings is 2. The summed E-state index contributed by atoms with van der Waals surface area (Å²) >= 11 is 0. The number of hydrogen-bond donors (Lipinski definition) is 2. The number of aliphatic carboxylic acids is 1. The van der Waals surface area contributed by atoms with Gasteiger partial charge in [0.05, 0.1) is 11.5 Å². The largest absolute Gasteiger partial charge is 0.481 e. The fourth-order valence-corrected chi connectivity index (χ4v) is 5.39. The molecule has 0 spiro atoms. The molecule has 184 valence electrons. The second kappa shape index (κ2) is 9.34. The molecule has 2 N–H and O–H groups in total. The first-order valence-corrected chi connectivity index (χ1v) is 12.1. The van der Waals surface area contributed by atoms with E-state index in [-0.39, 0.29) is 18.4 Å². The van der Waals surface area contributed by atoms with Gasteiger partial charge in [0, 0.05) is 25.6 Å². The zero-order chi connectivity index (χ0) is 24.6. The van der Waals surface area contributed by atoms with Crippen LogP contribution in [-0.2, 0) is 19.1 Å². The maximum absolute atomic E-state index is 13.1. The Kier molecular flexibility index (Phi) is 6.23. The molecule has 2 saturated heterocycles. The molecule has 2 amide bonds. The lowest BCUT2D eigenvalue weighted by Gasteiger charge is -2.37. The second-order valence-corrected chi connectivity index (χ2v) is 9.85. The summed E-state index contributed by atoms with van der Waals surface area (Å²) in [5.41, 5.74) is 3.78. The van der Waals surface area contributed by atoms with Crippen LogP contribution in [0.15, 0.2) is 48.5 Å². The lowest BCUT2D eigenvalue weighted by molar-refractivity contribution is -0.155. The Bertz CT molecular complexity index is 1090. The Morgan fingerprint density at radius 3 is 2.26 bits per heavy atom. The lowest BCUT2D eigenvalue weighted by Crippen LogP contribution is -2.53. The highest BCUT2D eigenvalue weighted by molar-refractivity contribution is 5.84. The maximum atomic E-state index is 13.1. The standard InChI is InChI=1S/C27H30N2O6/c1-27(25(31)32)11-13-29(14-12-27)24(30)23-22(10-15-34-23)28-26(33)35-16-21-19-8-4-2-6-17(19)18-7-3-5-9-20(18)21/h2-9,21-23H,10-16H2,1H3,(H,28,33)(H,31,32)/t22-,23+/m0/s1. The van der Waals surface area contributed by atoms with E-state index in [1.807, 2.05) is 24.3 Å². The molecule has 0 unspecified atom stereocenters. The van der Waals surface area contributed by atoms with Gasteiger partial charge in [-0.15, -0.1) is 0 Å². The number of piperidine rings is 1. The predicted molar refractivity (Wildman–Crippen MR) is 128 cm³/mol. The number of ether oxygens (including phenoxy) is 2. The van der Waals surface area contributed by atoms with Crippen molar-refractivity contribution in [3.8, 4) is 11.1 Å². The van der Waals surface area contributed by atoms with E-state index in [0.717, 1.165) is 22.3 Å². The first-order valence-electron chi connectivity index (χ1n) is 12.1. The molecule has 0 saturated carbocycles. The molecule has 1 aliphatic carbocycles. The van der Waals surface area contributed by atoms with E-state index in [1.165, 1.54) is 0 Å². The van der Waals surface area contributed by atoms with Gasteiger partial charge >= 0.3 is 12.1 Å². The van der Waals surface area contributed by atoms with Crippen LogP contribution in [0.1, 0.15) is 43.2 Å². The van der Waals surface area contributed by atoms with E-state index in [9.17, 15) is 19.5 Å². The van der Waals surface area contributed by atoms with Gasteiger partial charge in [-0.3, -0.25) is 9.59 Å². The van der Waals surface area contributed by atoms with Gasteiger partial charge in [-0.2, -0.15) is 0 Å². The van der Waals surface area contributed by atoms with Gasteiger partial charge < -0.3 is 24.8 Å². The highest BCUT2D eigenvalue weighted by Crippen LogP contribution is 2.44. The van der Waals surface area contributed by atoms with Gasteiger partial charge in [0.1, 0.15) is 6.61 Å². The summed E-state index contributed by atoms with van der Waals surface area (Å²) in [6.07, 6.45) is -0.0559. The molecule has 2 fully saturated rings. The van der Waals surface area contributed by atoms with E-state index in [0.29, 0.717) is 39.0 Å². The Hall–Kier alpha value is -3.39. The Balaban J connectivity index is 1.18. The highest BCUT2D eigenvalue weighted by atomic mass is 16.6. The van der Waals surface area contributed by atoms with E-state index < -0.39 is 29.6 Å². The van der Waals surface area contributed by atoms with Crippen molar-refractivity contribution in [1.29, 1.82) is 0 Å². The van der Waals surface area contributed by atoms with Crippen molar-refractivity contribution in [2.24, 2.45) is 5.41 Å². The van der Waals surface area contributed by atoms with Crippen molar-refractivity contribution in [2.75, 3.05) is 26.3 Å². The third-order valence-electron chi connectivity index (χ3n) is 7.68. The number of carboxylic acid groups (broad SMARTS) is 1. The van der Waals surface area contributed by atoms with Gasteiger partial charge in [-0.1, -0.05) is 48.5 Å². The minimum atomic E-state index is -0.837. The van der Waals surface area contributed by atoms with Crippen molar-refractivity contribution < 1.29 is 29.0 Å². The van der Waals surface area contributed by atoms with Crippen LogP contribution in [0.5, 0.6) is 0 Å². The number of carboxylic acids is 1. The SMILES string of the molecule is CC1(C(=O)O)CCN(C(=O)[C@@H]2OCC[C@@H]2NC(=O)OCC2c3ccccc3-c3ccccc32)CC1. The molecule has 0 radical (unpaired) electrons. The monoisotopic (exact) mass is 478 g/mol. The van der Waals surface area contributed by atoms with E-state index in [1.54, 1.807) is 11.8 Å². The van der Waals surface area contributed by atoms with Crippen molar-refractivity contribution in [3.63, 3.8) is 0 Å². The number of rotatable bonds is 5. The van der Waals surface area contributed by atoms with Crippen molar-refractivity contribution >= 4 is 18.0 Å². The molecule has 3 aliphatic rings. The lowest BCUT2D eigenvalue weighted by atomic mass is 9.80. The van der Waals surface area contributed by atoms with Crippen LogP contribution in [0.2, 0.25) is 0 Å². The number of nitrogens with zero attached hydrogens (tertiary/aromatic N) is 1. The molecule has 2 aromatic carbocycles. The van der Waals surface area contributed by atoms with Gasteiger partial charge in [-0.05, 0) is 48.4 Å². The molecule has 0 bridgehead atoms. The summed E-state index contributed by atoms with van der Waals surface area (Å²) in [6.45, 7) is 3.00. The Labute approximate surface area is 204 Å². The van der Waals surface area contributed by atoms with Crippen LogP contribution in [0.3, 0.4) is 0 Å². The third kappa shape index (κ3) is 4.38. The number of amides is 2. The summed E-state index contributed by atoms with van der Waals surface area (Å²) in [6, 6.07) is 15.8. The Morgan fingerprint density at radius 1 is 1.06 bits per heavy atom. The number of carbonyl (C=O) groups is 3. The van der Waals surface area contributed by atoms with Crippen LogP contribution >= 0.6 is 0 Å². The van der Waals surface area contributed by atoms with Crippen LogP contribution in [0, 0.1) is 5.41 Å². The summed E-state index contributed by atoms with van der Waals surface area (Å²) in [5, 5.41) is 12.3. The van der Waals surface area contributed by atoms with Crippen molar-refractivity contribution in [2.45, 2.75) is 44.2 Å². The smallest absolute Gasteiger partial charge is 0.407 e. The van der Waals surface area contributed by atoms with Gasteiger partial charge in [-0.25, -0.2) is 4.79 Å². The van der Waals surface area contributed by atoms with Crippen LogP contribution in [-0.4, -0.2) is 66.4 Å². The predicted octanol–water partition coefficient (Wildman–Crippen LogP) is 3.40. The van der Waals surface area contributed by atoms with Crippen LogP contribution in [0.4, 0.5) is 4.79 Å². The number of fused-ring (bicyclic) bond motifs is 3. The quantitative estimate of drug-likeness (QED) is 0.683. The summed E-state index contributed by atoms with van der Waals surface area (Å²) in [4.78, 5) is 38.9. The molecule has 2 heterocycles. The number of carbonyl (C=O) groups excluding carboxylic acids is 2. The fourth-order valence-electron chi connectivity index (χ4n) is 5.39. The maximum Gasteiger partial charge on any atom is 0.407 e. The zero-order valence-corrected chi connectivity index (χ0v) is 19.7. The minimum Gasteiger partial charge on any atom is -0.481 e. The van der Waals surface area contributed by atoms with E-state index in [4.69, 9.17) is 9.47 Å². The van der Waals surface area contributed by atoms with Crippen LogP contribution in [0.25, 0.3) is 11.1 Å². The molecule has 2 atom stereocenters. The Morgan fingerprint density at radius 2 is 1.66 bits per heavy atom. The molecule has 0 aromatic heterocycles. The number of nitrogens with one attached hydrogen (secondary N) is 1. The van der Waals surface area contributed by atoms with E-state index >= 15 is 0 Å². The van der Waals surface area contributed by atoms with Gasteiger partial charge in [0.15, 0.2) is 6.10 Å². The molecule has 8 heteroatoms. The topological polar surface area (TPSA) is 105 Å². The normalized spacial score (nSPS) is 22.8. The second-order valence-electron chi connectivity index (χ2n) is 9.85. The van der Waals surface area contributed by atoms with Crippen molar-refractivity contribution in [3.05, 3.63) is 59.7 Å². The fraction of sp³-hybridized carbons (Fsp3) is 0.444. The first kappa shape index (κ1) is 23.4. The summed E-state index contributed by atoms with van der Waals surface area (Å²) in [7, 11) is 0. The summed E-state index contributed by atoms with van der Waals surface area (Å²) in [5.74, 6) is -1.09. The average Bonchev–Trinajstić information content (AvgIpc) is 3.45. The minimum absolute atomic E-state index is 0.0395. The molecule has 8 nitrogen and oxygen atoms in total. The average molecular weight is 479 g/mol. The van der Waals surface area contributed by atoms with Crippen LogP contribution < -0.4 is 5.32 Å². The summed E-state index contributed by atoms with van der Waals surface area (Å²) < 4.78 is 11.3. The number of likely N-dealkylation sites (tertiary alicyclic amines) is 1. The molecule has 5 rings (SSSR count). The number of hydrogen-bond acceptors (Lipinski definition) is 5. The zero-order valence-electron chi connectivity index (χ0n) is 19.7. The third-order valence-corrected chi connectivity index (χ3v) is 7.68.